The molecule has 57 heavy (non-hydrogen) atoms. The number of carbonyl (C=O) groups is 5. The van der Waals surface area contributed by atoms with E-state index in [9.17, 15) is 24.0 Å². The third-order valence-corrected chi connectivity index (χ3v) is 9.99. The summed E-state index contributed by atoms with van der Waals surface area (Å²) in [6, 6.07) is 12.0. The quantitative estimate of drug-likeness (QED) is 0.0669. The SMILES string of the molecule is CN(CCNC(=O)CCCCCCCNc1cccc2c1C(=O)N(C1CCC(=O)NC1=O)C2=O)c1ccc(Nc2nc(-c3cncc(N)n3)cn3ccnc23)cc1. The van der Waals surface area contributed by atoms with Gasteiger partial charge in [-0.15, -0.1) is 0 Å². The average Bonchev–Trinajstić information content (AvgIpc) is 3.78. The van der Waals surface area contributed by atoms with E-state index in [4.69, 9.17) is 10.7 Å². The Balaban J connectivity index is 0.783. The number of rotatable bonds is 17. The largest absolute Gasteiger partial charge is 0.384 e. The van der Waals surface area contributed by atoms with Crippen LogP contribution >= 0.6 is 0 Å². The number of piperidine rings is 1. The Morgan fingerprint density at radius 3 is 2.56 bits per heavy atom. The summed E-state index contributed by atoms with van der Waals surface area (Å²) in [6.45, 7) is 1.76. The molecule has 2 aliphatic heterocycles. The number of benzene rings is 2. The Hall–Kier alpha value is -6.91. The molecule has 0 bridgehead atoms. The number of nitrogen functional groups attached to an aromatic ring is 1. The van der Waals surface area contributed by atoms with Gasteiger partial charge in [0.25, 0.3) is 11.8 Å². The minimum atomic E-state index is -0.998. The van der Waals surface area contributed by atoms with E-state index in [2.05, 4.69) is 41.1 Å². The van der Waals surface area contributed by atoms with E-state index in [1.54, 1.807) is 30.6 Å². The Morgan fingerprint density at radius 1 is 0.947 bits per heavy atom. The zero-order valence-electron chi connectivity index (χ0n) is 31.5. The van der Waals surface area contributed by atoms with Crippen molar-refractivity contribution in [3.63, 3.8) is 0 Å². The van der Waals surface area contributed by atoms with Crippen LogP contribution < -0.4 is 31.9 Å². The van der Waals surface area contributed by atoms with Crippen molar-refractivity contribution < 1.29 is 24.0 Å². The number of imidazole rings is 1. The lowest BCUT2D eigenvalue weighted by Crippen LogP contribution is -2.54. The first-order valence-electron chi connectivity index (χ1n) is 19.0. The summed E-state index contributed by atoms with van der Waals surface area (Å²) in [5.41, 5.74) is 10.5. The maximum absolute atomic E-state index is 13.3. The lowest BCUT2D eigenvalue weighted by molar-refractivity contribution is -0.136. The number of amides is 5. The Kier molecular flexibility index (Phi) is 11.6. The van der Waals surface area contributed by atoms with Crippen LogP contribution in [0.5, 0.6) is 0 Å². The van der Waals surface area contributed by atoms with Crippen molar-refractivity contribution in [3.05, 3.63) is 84.6 Å². The minimum absolute atomic E-state index is 0.0253. The number of aromatic nitrogens is 5. The number of hydrogen-bond donors (Lipinski definition) is 5. The van der Waals surface area contributed by atoms with Gasteiger partial charge in [-0.3, -0.25) is 39.2 Å². The fraction of sp³-hybridized carbons (Fsp3) is 0.325. The van der Waals surface area contributed by atoms with Crippen LogP contribution in [-0.2, 0) is 14.4 Å². The van der Waals surface area contributed by atoms with Crippen molar-refractivity contribution in [1.29, 1.82) is 0 Å². The number of hydrogen-bond acceptors (Lipinski definition) is 13. The molecule has 2 aromatic carbocycles. The van der Waals surface area contributed by atoms with Gasteiger partial charge < -0.3 is 31.0 Å². The Bertz CT molecular complexity index is 2310. The number of imide groups is 2. The predicted octanol–water partition coefficient (Wildman–Crippen LogP) is 3.92. The highest BCUT2D eigenvalue weighted by Crippen LogP contribution is 2.32. The van der Waals surface area contributed by atoms with E-state index in [-0.39, 0.29) is 29.9 Å². The first-order valence-corrected chi connectivity index (χ1v) is 19.0. The molecule has 1 fully saturated rings. The van der Waals surface area contributed by atoms with Crippen molar-refractivity contribution >= 4 is 63.9 Å². The highest BCUT2D eigenvalue weighted by Gasteiger charge is 2.45. The van der Waals surface area contributed by atoms with E-state index in [1.807, 2.05) is 48.1 Å². The van der Waals surface area contributed by atoms with Gasteiger partial charge in [-0.1, -0.05) is 25.3 Å². The van der Waals surface area contributed by atoms with Gasteiger partial charge in [0.05, 0.1) is 23.5 Å². The summed E-state index contributed by atoms with van der Waals surface area (Å²) in [7, 11) is 1.98. The Morgan fingerprint density at radius 2 is 1.75 bits per heavy atom. The van der Waals surface area contributed by atoms with E-state index in [1.165, 1.54) is 6.20 Å². The first kappa shape index (κ1) is 38.4. The number of anilines is 5. The van der Waals surface area contributed by atoms with E-state index >= 15 is 0 Å². The third-order valence-electron chi connectivity index (χ3n) is 9.99. The minimum Gasteiger partial charge on any atom is -0.384 e. The average molecular weight is 773 g/mol. The molecule has 2 aliphatic rings. The number of nitrogens with zero attached hydrogens (tertiary/aromatic N) is 7. The molecule has 7 rings (SSSR count). The number of fused-ring (bicyclic) bond motifs is 2. The first-order chi connectivity index (χ1) is 27.7. The lowest BCUT2D eigenvalue weighted by Gasteiger charge is -2.27. The van der Waals surface area contributed by atoms with Crippen molar-refractivity contribution in [3.8, 4) is 11.4 Å². The van der Waals surface area contributed by atoms with Crippen LogP contribution in [0.15, 0.2) is 73.4 Å². The van der Waals surface area contributed by atoms with Gasteiger partial charge in [-0.2, -0.15) is 0 Å². The maximum Gasteiger partial charge on any atom is 0.264 e. The highest BCUT2D eigenvalue weighted by atomic mass is 16.2. The van der Waals surface area contributed by atoms with Crippen molar-refractivity contribution in [2.75, 3.05) is 47.9 Å². The molecule has 5 aromatic rings. The number of likely N-dealkylation sites (N-methyl/N-ethyl adjacent to an activating group) is 1. The molecule has 0 spiro atoms. The topological polar surface area (TPSA) is 222 Å². The number of unbranched alkanes of at least 4 members (excludes halogenated alkanes) is 4. The fourth-order valence-corrected chi connectivity index (χ4v) is 6.99. The second kappa shape index (κ2) is 17.3. The van der Waals surface area contributed by atoms with E-state index < -0.39 is 29.7 Å². The van der Waals surface area contributed by atoms with Gasteiger partial charge in [0.15, 0.2) is 11.5 Å². The Labute approximate surface area is 328 Å². The fourth-order valence-electron chi connectivity index (χ4n) is 6.99. The van der Waals surface area contributed by atoms with Crippen molar-refractivity contribution in [2.45, 2.75) is 57.4 Å². The van der Waals surface area contributed by atoms with Crippen LogP contribution in [0.25, 0.3) is 17.0 Å². The molecular formula is C40H44N12O5. The van der Waals surface area contributed by atoms with Gasteiger partial charge in [-0.05, 0) is 55.7 Å². The second-order valence-electron chi connectivity index (χ2n) is 14.0. The van der Waals surface area contributed by atoms with E-state index in [0.29, 0.717) is 60.4 Å². The van der Waals surface area contributed by atoms with Gasteiger partial charge in [0.1, 0.15) is 23.2 Å². The molecule has 1 unspecified atom stereocenters. The standard InChI is InChI=1S/C40H44N12O5/c1-50(26-13-11-25(12-14-26)46-36-37-45-19-21-51(37)24-30(48-36)29-22-42-23-32(41)47-29)20-18-44-33(53)10-5-3-2-4-6-17-43-28-9-7-8-27-35(28)40(57)52(39(27)56)31-15-16-34(54)49-38(31)55/h7-9,11-14,19,21-24,31,43H,2-6,10,15-18,20H2,1H3,(H2,41,47)(H,44,53)(H,46,48)(H,49,54,55). The predicted molar refractivity (Wildman–Crippen MR) is 214 cm³/mol. The van der Waals surface area contributed by atoms with Crippen LogP contribution in [0.4, 0.5) is 28.7 Å². The van der Waals surface area contributed by atoms with Crippen LogP contribution in [0, 0.1) is 0 Å². The molecule has 294 valence electrons. The number of carbonyl (C=O) groups excluding carboxylic acids is 5. The summed E-state index contributed by atoms with van der Waals surface area (Å²) in [4.78, 5) is 83.5. The smallest absolute Gasteiger partial charge is 0.264 e. The van der Waals surface area contributed by atoms with Crippen molar-refractivity contribution in [2.24, 2.45) is 0 Å². The zero-order chi connectivity index (χ0) is 39.9. The maximum atomic E-state index is 13.3. The summed E-state index contributed by atoms with van der Waals surface area (Å²) < 4.78 is 1.86. The van der Waals surface area contributed by atoms with Gasteiger partial charge >= 0.3 is 0 Å². The lowest BCUT2D eigenvalue weighted by atomic mass is 10.0. The summed E-state index contributed by atoms with van der Waals surface area (Å²) >= 11 is 0. The third kappa shape index (κ3) is 8.82. The molecule has 6 N–H and O–H groups in total. The monoisotopic (exact) mass is 772 g/mol. The number of nitrogens with one attached hydrogen (secondary N) is 4. The van der Waals surface area contributed by atoms with Gasteiger partial charge in [-0.25, -0.2) is 15.0 Å². The molecule has 17 heteroatoms. The van der Waals surface area contributed by atoms with Gasteiger partial charge in [0.2, 0.25) is 17.7 Å². The van der Waals surface area contributed by atoms with Crippen LogP contribution in [-0.4, -0.2) is 91.5 Å². The van der Waals surface area contributed by atoms with Crippen LogP contribution in [0.1, 0.15) is 72.1 Å². The molecule has 1 atom stereocenters. The molecule has 1 saturated heterocycles. The summed E-state index contributed by atoms with van der Waals surface area (Å²) in [5, 5.41) is 11.9. The van der Waals surface area contributed by atoms with Gasteiger partial charge in [0, 0.05) is 75.2 Å². The molecular weight excluding hydrogens is 729 g/mol. The number of nitrogens with two attached hydrogens (primary N) is 1. The second-order valence-corrected chi connectivity index (χ2v) is 14.0. The molecule has 3 aromatic heterocycles. The molecule has 0 radical (unpaired) electrons. The van der Waals surface area contributed by atoms with Crippen LogP contribution in [0.3, 0.4) is 0 Å². The summed E-state index contributed by atoms with van der Waals surface area (Å²) in [6.07, 6.45) is 13.6. The zero-order valence-corrected chi connectivity index (χ0v) is 31.5. The molecule has 0 saturated carbocycles. The van der Waals surface area contributed by atoms with E-state index in [0.717, 1.165) is 48.4 Å². The molecule has 0 aliphatic carbocycles. The highest BCUT2D eigenvalue weighted by molar-refractivity contribution is 6.25. The molecule has 5 amide bonds. The van der Waals surface area contributed by atoms with Crippen LogP contribution in [0.2, 0.25) is 0 Å². The summed E-state index contributed by atoms with van der Waals surface area (Å²) in [5.74, 6) is -1.19. The molecule has 17 nitrogen and oxygen atoms in total. The normalized spacial score (nSPS) is 15.1. The van der Waals surface area contributed by atoms with Crippen molar-refractivity contribution in [1.82, 2.24) is 39.9 Å². The molecule has 5 heterocycles.